The number of nitrogens with zero attached hydrogens (tertiary/aromatic N) is 5. The summed E-state index contributed by atoms with van der Waals surface area (Å²) >= 11 is 0. The molecule has 0 spiro atoms. The minimum Gasteiger partial charge on any atom is -0.337 e. The minimum atomic E-state index is -0.583. The van der Waals surface area contributed by atoms with Gasteiger partial charge < -0.3 is 10.3 Å². The Balaban J connectivity index is 1.29. The second kappa shape index (κ2) is 9.52. The van der Waals surface area contributed by atoms with E-state index in [0.29, 0.717) is 39.4 Å². The zero-order valence-electron chi connectivity index (χ0n) is 20.8. The number of amides is 1. The van der Waals surface area contributed by atoms with Crippen LogP contribution in [0.25, 0.3) is 56.0 Å². The van der Waals surface area contributed by atoms with E-state index in [4.69, 9.17) is 4.98 Å². The third-order valence-corrected chi connectivity index (χ3v) is 6.53. The average molecular weight is 527 g/mol. The highest BCUT2D eigenvalue weighted by Gasteiger charge is 2.21. The molecule has 0 bridgehead atoms. The molecule has 0 atom stereocenters. The van der Waals surface area contributed by atoms with Crippen molar-refractivity contribution in [2.45, 2.75) is 0 Å². The van der Waals surface area contributed by atoms with Crippen LogP contribution in [-0.2, 0) is 0 Å². The molecular weight excluding hydrogens is 507 g/mol. The summed E-state index contributed by atoms with van der Waals surface area (Å²) in [7, 11) is 0. The number of rotatable bonds is 5. The molecule has 192 valence electrons. The summed E-state index contributed by atoms with van der Waals surface area (Å²) in [6.45, 7) is 0. The molecule has 0 saturated heterocycles. The Morgan fingerprint density at radius 3 is 2.58 bits per heavy atom. The predicted octanol–water partition coefficient (Wildman–Crippen LogP) is 6.02. The molecule has 0 saturated carbocycles. The first-order valence-corrected chi connectivity index (χ1v) is 12.4. The first-order valence-electron chi connectivity index (χ1n) is 12.4. The quantitative estimate of drug-likeness (QED) is 0.252. The van der Waals surface area contributed by atoms with Crippen molar-refractivity contribution < 1.29 is 9.18 Å². The number of halogens is 1. The largest absolute Gasteiger partial charge is 0.337 e. The number of nitrogens with one attached hydrogen (secondary N) is 3. The molecule has 5 heterocycles. The van der Waals surface area contributed by atoms with Crippen molar-refractivity contribution in [3.63, 3.8) is 0 Å². The number of aromatic amines is 2. The summed E-state index contributed by atoms with van der Waals surface area (Å²) in [5.41, 5.74) is 5.24. The highest BCUT2D eigenvalue weighted by Crippen LogP contribution is 2.34. The number of imidazole rings is 1. The van der Waals surface area contributed by atoms with Crippen LogP contribution in [0.4, 0.5) is 10.1 Å². The van der Waals surface area contributed by atoms with Gasteiger partial charge in [-0.1, -0.05) is 36.4 Å². The zero-order valence-corrected chi connectivity index (χ0v) is 20.8. The smallest absolute Gasteiger partial charge is 0.255 e. The normalized spacial score (nSPS) is 11.2. The maximum Gasteiger partial charge on any atom is 0.255 e. The molecule has 0 aliphatic heterocycles. The van der Waals surface area contributed by atoms with E-state index < -0.39 is 5.82 Å². The number of carbonyl (C=O) groups excluding carboxylic acids is 1. The van der Waals surface area contributed by atoms with Crippen molar-refractivity contribution in [2.75, 3.05) is 5.32 Å². The summed E-state index contributed by atoms with van der Waals surface area (Å²) in [6, 6.07) is 21.9. The van der Waals surface area contributed by atoms with Gasteiger partial charge in [0.25, 0.3) is 5.91 Å². The van der Waals surface area contributed by atoms with Gasteiger partial charge in [-0.15, -0.1) is 0 Å². The maximum atomic E-state index is 16.1. The fourth-order valence-corrected chi connectivity index (χ4v) is 4.65. The van der Waals surface area contributed by atoms with Crippen LogP contribution in [0.3, 0.4) is 0 Å². The van der Waals surface area contributed by atoms with E-state index in [1.807, 2.05) is 42.5 Å². The Hall–Kier alpha value is -5.77. The topological polar surface area (TPSA) is 125 Å². The first kappa shape index (κ1) is 23.4. The number of hydrogen-bond acceptors (Lipinski definition) is 6. The number of benzene rings is 2. The molecule has 7 aromatic rings. The molecule has 0 aliphatic rings. The van der Waals surface area contributed by atoms with Crippen molar-refractivity contribution in [3.8, 4) is 34.0 Å². The summed E-state index contributed by atoms with van der Waals surface area (Å²) in [5, 5.41) is 10.3. The van der Waals surface area contributed by atoms with Gasteiger partial charge in [-0.2, -0.15) is 5.10 Å². The molecule has 3 N–H and O–H groups in total. The molecule has 10 heteroatoms. The zero-order chi connectivity index (χ0) is 27.1. The SMILES string of the molecule is O=C(Nc1cncc(-c2ncc3[nH]nc(-c4nc5c(-c6ccccn6)cccc5[nH]4)c3c2F)c1)c1ccccc1. The molecule has 5 aromatic heterocycles. The number of para-hydroxylation sites is 1. The first-order chi connectivity index (χ1) is 19.7. The predicted molar refractivity (Wildman–Crippen MR) is 150 cm³/mol. The number of anilines is 1. The molecule has 0 fully saturated rings. The fraction of sp³-hybridized carbons (Fsp3) is 0. The highest BCUT2D eigenvalue weighted by atomic mass is 19.1. The van der Waals surface area contributed by atoms with Gasteiger partial charge in [-0.05, 0) is 36.4 Å². The van der Waals surface area contributed by atoms with Crippen molar-refractivity contribution >= 4 is 33.5 Å². The van der Waals surface area contributed by atoms with Crippen LogP contribution in [0, 0.1) is 5.82 Å². The van der Waals surface area contributed by atoms with Crippen LogP contribution in [0.2, 0.25) is 0 Å². The fourth-order valence-electron chi connectivity index (χ4n) is 4.65. The van der Waals surface area contributed by atoms with Crippen LogP contribution in [0.5, 0.6) is 0 Å². The van der Waals surface area contributed by atoms with Crippen molar-refractivity contribution in [1.82, 2.24) is 35.1 Å². The summed E-state index contributed by atoms with van der Waals surface area (Å²) in [4.78, 5) is 33.6. The van der Waals surface area contributed by atoms with Crippen LogP contribution < -0.4 is 5.32 Å². The lowest BCUT2D eigenvalue weighted by atomic mass is 10.1. The van der Waals surface area contributed by atoms with E-state index >= 15 is 4.39 Å². The number of hydrogen-bond donors (Lipinski definition) is 3. The van der Waals surface area contributed by atoms with E-state index in [1.54, 1.807) is 36.5 Å². The van der Waals surface area contributed by atoms with E-state index in [0.717, 1.165) is 16.8 Å². The molecule has 0 unspecified atom stereocenters. The van der Waals surface area contributed by atoms with Crippen LogP contribution >= 0.6 is 0 Å². The van der Waals surface area contributed by atoms with Crippen LogP contribution in [0.1, 0.15) is 10.4 Å². The Morgan fingerprint density at radius 2 is 1.73 bits per heavy atom. The van der Waals surface area contributed by atoms with E-state index in [2.05, 4.69) is 35.5 Å². The molecule has 1 amide bonds. The highest BCUT2D eigenvalue weighted by molar-refractivity contribution is 6.04. The molecule has 0 radical (unpaired) electrons. The van der Waals surface area contributed by atoms with Gasteiger partial charge in [0.05, 0.1) is 45.7 Å². The summed E-state index contributed by atoms with van der Waals surface area (Å²) in [5.74, 6) is -0.474. The Bertz CT molecular complexity index is 2020. The van der Waals surface area contributed by atoms with E-state index in [1.165, 1.54) is 18.6 Å². The summed E-state index contributed by atoms with van der Waals surface area (Å²) in [6.07, 6.45) is 6.23. The third kappa shape index (κ3) is 4.04. The van der Waals surface area contributed by atoms with Crippen LogP contribution in [-0.4, -0.2) is 41.0 Å². The molecule has 2 aromatic carbocycles. The summed E-state index contributed by atoms with van der Waals surface area (Å²) < 4.78 is 16.1. The lowest BCUT2D eigenvalue weighted by Crippen LogP contribution is -2.11. The standard InChI is InChI=1S/C30H19FN8O/c31-25-24-23(16-34-26(25)18-13-19(15-32-14-18)35-30(40)17-7-2-1-3-8-17)38-39-28(24)29-36-22-11-6-9-20(27(22)37-29)21-10-4-5-12-33-21/h1-16H,(H,35,40)(H,36,37)(H,38,39). The van der Waals surface area contributed by atoms with Gasteiger partial charge in [0.2, 0.25) is 0 Å². The van der Waals surface area contributed by atoms with Gasteiger partial charge in [0, 0.05) is 29.1 Å². The molecule has 40 heavy (non-hydrogen) atoms. The molecular formula is C30H19FN8O. The van der Waals surface area contributed by atoms with E-state index in [-0.39, 0.29) is 17.0 Å². The van der Waals surface area contributed by atoms with Gasteiger partial charge in [0.1, 0.15) is 11.4 Å². The van der Waals surface area contributed by atoms with E-state index in [9.17, 15) is 4.79 Å². The number of carbonyl (C=O) groups is 1. The number of H-pyrrole nitrogens is 2. The molecule has 7 rings (SSSR count). The van der Waals surface area contributed by atoms with Crippen molar-refractivity contribution in [2.24, 2.45) is 0 Å². The Labute approximate surface area is 226 Å². The monoisotopic (exact) mass is 526 g/mol. The van der Waals surface area contributed by atoms with Crippen molar-refractivity contribution in [3.05, 3.63) is 109 Å². The number of aromatic nitrogens is 7. The lowest BCUT2D eigenvalue weighted by Gasteiger charge is -2.08. The van der Waals surface area contributed by atoms with Crippen molar-refractivity contribution in [1.29, 1.82) is 0 Å². The second-order valence-corrected chi connectivity index (χ2v) is 9.07. The second-order valence-electron chi connectivity index (χ2n) is 9.07. The van der Waals surface area contributed by atoms with Gasteiger partial charge >= 0.3 is 0 Å². The van der Waals surface area contributed by atoms with Gasteiger partial charge in [-0.3, -0.25) is 24.8 Å². The Morgan fingerprint density at radius 1 is 0.850 bits per heavy atom. The number of fused-ring (bicyclic) bond motifs is 2. The minimum absolute atomic E-state index is 0.0729. The molecule has 0 aliphatic carbocycles. The van der Waals surface area contributed by atoms with Gasteiger partial charge in [-0.25, -0.2) is 9.37 Å². The van der Waals surface area contributed by atoms with Crippen LogP contribution in [0.15, 0.2) is 97.6 Å². The lowest BCUT2D eigenvalue weighted by molar-refractivity contribution is 0.102. The molecule has 9 nitrogen and oxygen atoms in total. The average Bonchev–Trinajstić information content (AvgIpc) is 3.63. The Kier molecular flexibility index (Phi) is 5.56. The maximum absolute atomic E-state index is 16.1. The van der Waals surface area contributed by atoms with Gasteiger partial charge in [0.15, 0.2) is 11.6 Å². The number of pyridine rings is 3. The third-order valence-electron chi connectivity index (χ3n) is 6.53.